The summed E-state index contributed by atoms with van der Waals surface area (Å²) in [4.78, 5) is 12.1. The normalized spacial score (nSPS) is 23.7. The monoisotopic (exact) mass is 266 g/mol. The number of hydrogen-bond acceptors (Lipinski definition) is 2. The molecule has 98 valence electrons. The Morgan fingerprint density at radius 2 is 2.11 bits per heavy atom. The average molecular weight is 267 g/mol. The Bertz CT molecular complexity index is 447. The van der Waals surface area contributed by atoms with E-state index in [1.54, 1.807) is 12.1 Å². The molecule has 0 aliphatic heterocycles. The number of halogens is 1. The molecule has 0 heterocycles. The molecular weight excluding hydrogens is 248 g/mol. The number of amides is 1. The van der Waals surface area contributed by atoms with Gasteiger partial charge in [0.2, 0.25) is 0 Å². The molecule has 2 rings (SSSR count). The third-order valence-corrected chi connectivity index (χ3v) is 3.82. The SMILES string of the molecule is Cc1ccc(C(=O)NC2CCCCC2N)c(Cl)c1. The first-order valence-electron chi connectivity index (χ1n) is 6.40. The fraction of sp³-hybridized carbons (Fsp3) is 0.500. The summed E-state index contributed by atoms with van der Waals surface area (Å²) in [6, 6.07) is 5.59. The van der Waals surface area contributed by atoms with E-state index in [4.69, 9.17) is 17.3 Å². The number of aryl methyl sites for hydroxylation is 1. The highest BCUT2D eigenvalue weighted by molar-refractivity contribution is 6.33. The first kappa shape index (κ1) is 13.4. The summed E-state index contributed by atoms with van der Waals surface area (Å²) < 4.78 is 0. The van der Waals surface area contributed by atoms with Crippen molar-refractivity contribution in [3.05, 3.63) is 34.3 Å². The summed E-state index contributed by atoms with van der Waals surface area (Å²) in [5.41, 5.74) is 7.59. The van der Waals surface area contributed by atoms with Crippen LogP contribution in [0.5, 0.6) is 0 Å². The predicted octanol–water partition coefficient (Wildman–Crippen LogP) is 2.65. The minimum Gasteiger partial charge on any atom is -0.348 e. The van der Waals surface area contributed by atoms with Crippen LogP contribution in [0, 0.1) is 6.92 Å². The van der Waals surface area contributed by atoms with Gasteiger partial charge in [-0.05, 0) is 37.5 Å². The molecule has 1 saturated carbocycles. The van der Waals surface area contributed by atoms with E-state index < -0.39 is 0 Å². The van der Waals surface area contributed by atoms with E-state index in [1.165, 1.54) is 0 Å². The summed E-state index contributed by atoms with van der Waals surface area (Å²) in [6.45, 7) is 1.95. The van der Waals surface area contributed by atoms with Crippen LogP contribution < -0.4 is 11.1 Å². The largest absolute Gasteiger partial charge is 0.348 e. The zero-order valence-electron chi connectivity index (χ0n) is 10.6. The van der Waals surface area contributed by atoms with Crippen molar-refractivity contribution in [2.45, 2.75) is 44.7 Å². The van der Waals surface area contributed by atoms with Crippen LogP contribution in [-0.2, 0) is 0 Å². The predicted molar refractivity (Wildman–Crippen MR) is 73.9 cm³/mol. The number of benzene rings is 1. The number of nitrogens with two attached hydrogens (primary N) is 1. The van der Waals surface area contributed by atoms with Gasteiger partial charge in [-0.1, -0.05) is 30.5 Å². The van der Waals surface area contributed by atoms with Crippen molar-refractivity contribution in [1.29, 1.82) is 0 Å². The number of carbonyl (C=O) groups excluding carboxylic acids is 1. The Kier molecular flexibility index (Phi) is 4.25. The van der Waals surface area contributed by atoms with Crippen molar-refractivity contribution >= 4 is 17.5 Å². The lowest BCUT2D eigenvalue weighted by atomic mass is 9.91. The van der Waals surface area contributed by atoms with Gasteiger partial charge in [-0.25, -0.2) is 0 Å². The van der Waals surface area contributed by atoms with Crippen molar-refractivity contribution in [2.24, 2.45) is 5.73 Å². The van der Waals surface area contributed by atoms with E-state index in [1.807, 2.05) is 13.0 Å². The van der Waals surface area contributed by atoms with Crippen LogP contribution in [-0.4, -0.2) is 18.0 Å². The Morgan fingerprint density at radius 1 is 1.39 bits per heavy atom. The average Bonchev–Trinajstić information content (AvgIpc) is 2.32. The van der Waals surface area contributed by atoms with Gasteiger partial charge in [-0.3, -0.25) is 4.79 Å². The number of hydrogen-bond donors (Lipinski definition) is 2. The first-order valence-corrected chi connectivity index (χ1v) is 6.78. The molecule has 2 atom stereocenters. The molecule has 1 aliphatic carbocycles. The molecule has 0 bridgehead atoms. The Balaban J connectivity index is 2.07. The van der Waals surface area contributed by atoms with E-state index in [9.17, 15) is 4.79 Å². The summed E-state index contributed by atoms with van der Waals surface area (Å²) in [7, 11) is 0. The highest BCUT2D eigenvalue weighted by Crippen LogP contribution is 2.20. The van der Waals surface area contributed by atoms with Gasteiger partial charge in [-0.15, -0.1) is 0 Å². The van der Waals surface area contributed by atoms with Gasteiger partial charge < -0.3 is 11.1 Å². The smallest absolute Gasteiger partial charge is 0.253 e. The van der Waals surface area contributed by atoms with Crippen LogP contribution in [0.2, 0.25) is 5.02 Å². The molecule has 0 aromatic heterocycles. The lowest BCUT2D eigenvalue weighted by Crippen LogP contribution is -2.49. The van der Waals surface area contributed by atoms with Gasteiger partial charge in [-0.2, -0.15) is 0 Å². The number of nitrogens with one attached hydrogen (secondary N) is 1. The quantitative estimate of drug-likeness (QED) is 0.865. The molecule has 0 saturated heterocycles. The molecule has 1 fully saturated rings. The maximum absolute atomic E-state index is 12.1. The second-order valence-corrected chi connectivity index (χ2v) is 5.42. The van der Waals surface area contributed by atoms with Crippen LogP contribution in [0.4, 0.5) is 0 Å². The van der Waals surface area contributed by atoms with E-state index in [2.05, 4.69) is 5.32 Å². The van der Waals surface area contributed by atoms with Crippen LogP contribution in [0.1, 0.15) is 41.6 Å². The Morgan fingerprint density at radius 3 is 2.78 bits per heavy atom. The minimum absolute atomic E-state index is 0.0620. The maximum Gasteiger partial charge on any atom is 0.253 e. The van der Waals surface area contributed by atoms with Crippen molar-refractivity contribution in [3.8, 4) is 0 Å². The Labute approximate surface area is 113 Å². The van der Waals surface area contributed by atoms with E-state index in [-0.39, 0.29) is 18.0 Å². The second kappa shape index (κ2) is 5.72. The molecule has 3 nitrogen and oxygen atoms in total. The van der Waals surface area contributed by atoms with Gasteiger partial charge in [0, 0.05) is 12.1 Å². The van der Waals surface area contributed by atoms with Gasteiger partial charge in [0.1, 0.15) is 0 Å². The van der Waals surface area contributed by atoms with E-state index in [0.29, 0.717) is 10.6 Å². The molecule has 2 unspecified atom stereocenters. The lowest BCUT2D eigenvalue weighted by molar-refractivity contribution is 0.0921. The molecule has 18 heavy (non-hydrogen) atoms. The molecule has 1 aromatic rings. The zero-order valence-corrected chi connectivity index (χ0v) is 11.3. The van der Waals surface area contributed by atoms with Crippen molar-refractivity contribution in [1.82, 2.24) is 5.32 Å². The summed E-state index contributed by atoms with van der Waals surface area (Å²) in [5.74, 6) is -0.123. The fourth-order valence-corrected chi connectivity index (χ4v) is 2.71. The second-order valence-electron chi connectivity index (χ2n) is 5.01. The summed E-state index contributed by atoms with van der Waals surface area (Å²) in [5, 5.41) is 3.49. The van der Waals surface area contributed by atoms with Gasteiger partial charge in [0.25, 0.3) is 5.91 Å². The van der Waals surface area contributed by atoms with Crippen LogP contribution in [0.15, 0.2) is 18.2 Å². The summed E-state index contributed by atoms with van der Waals surface area (Å²) in [6.07, 6.45) is 4.21. The maximum atomic E-state index is 12.1. The fourth-order valence-electron chi connectivity index (χ4n) is 2.39. The van der Waals surface area contributed by atoms with Gasteiger partial charge in [0.15, 0.2) is 0 Å². The molecule has 1 aromatic carbocycles. The number of carbonyl (C=O) groups is 1. The Hall–Kier alpha value is -1.06. The zero-order chi connectivity index (χ0) is 13.1. The van der Waals surface area contributed by atoms with E-state index >= 15 is 0 Å². The molecular formula is C14H19ClN2O. The molecule has 1 amide bonds. The highest BCUT2D eigenvalue weighted by atomic mass is 35.5. The molecule has 0 spiro atoms. The van der Waals surface area contributed by atoms with Crippen molar-refractivity contribution in [2.75, 3.05) is 0 Å². The minimum atomic E-state index is -0.123. The number of rotatable bonds is 2. The first-order chi connectivity index (χ1) is 8.58. The molecule has 3 N–H and O–H groups in total. The van der Waals surface area contributed by atoms with Crippen molar-refractivity contribution < 1.29 is 4.79 Å². The molecule has 0 radical (unpaired) electrons. The summed E-state index contributed by atoms with van der Waals surface area (Å²) >= 11 is 6.09. The molecule has 1 aliphatic rings. The highest BCUT2D eigenvalue weighted by Gasteiger charge is 2.24. The van der Waals surface area contributed by atoms with Crippen LogP contribution >= 0.6 is 11.6 Å². The third-order valence-electron chi connectivity index (χ3n) is 3.51. The van der Waals surface area contributed by atoms with Crippen LogP contribution in [0.3, 0.4) is 0 Å². The standard InChI is InChI=1S/C14H19ClN2O/c1-9-6-7-10(11(15)8-9)14(18)17-13-5-3-2-4-12(13)16/h6-8,12-13H,2-5,16H2,1H3,(H,17,18). The topological polar surface area (TPSA) is 55.1 Å². The van der Waals surface area contributed by atoms with Crippen molar-refractivity contribution in [3.63, 3.8) is 0 Å². The van der Waals surface area contributed by atoms with Gasteiger partial charge in [0.05, 0.1) is 10.6 Å². The van der Waals surface area contributed by atoms with Crippen LogP contribution in [0.25, 0.3) is 0 Å². The van der Waals surface area contributed by atoms with E-state index in [0.717, 1.165) is 31.2 Å². The molecule has 4 heteroatoms. The lowest BCUT2D eigenvalue weighted by Gasteiger charge is -2.29. The third kappa shape index (κ3) is 3.03. The van der Waals surface area contributed by atoms with Gasteiger partial charge >= 0.3 is 0 Å².